The van der Waals surface area contributed by atoms with Gasteiger partial charge < -0.3 is 4.74 Å². The summed E-state index contributed by atoms with van der Waals surface area (Å²) in [7, 11) is 0. The van der Waals surface area contributed by atoms with Crippen molar-refractivity contribution in [3.8, 4) is 5.75 Å². The van der Waals surface area contributed by atoms with Crippen molar-refractivity contribution in [1.29, 1.82) is 0 Å². The number of alkyl halides is 3. The number of carbonyl (C=O) groups is 1. The molecule has 0 aliphatic rings. The number of benzene rings is 1. The van der Waals surface area contributed by atoms with E-state index in [1.165, 1.54) is 12.1 Å². The van der Waals surface area contributed by atoms with Gasteiger partial charge in [0.25, 0.3) is 0 Å². The molecule has 0 bridgehead atoms. The van der Waals surface area contributed by atoms with E-state index >= 15 is 0 Å². The minimum Gasteiger partial charge on any atom is -0.485 e. The lowest BCUT2D eigenvalue weighted by Gasteiger charge is -2.09. The van der Waals surface area contributed by atoms with Gasteiger partial charge >= 0.3 is 6.18 Å². The monoisotopic (exact) mass is 230 g/mol. The summed E-state index contributed by atoms with van der Waals surface area (Å²) in [5, 5.41) is 0. The molecule has 1 aromatic carbocycles. The second-order valence-corrected chi connectivity index (χ2v) is 2.98. The van der Waals surface area contributed by atoms with Crippen LogP contribution in [0.3, 0.4) is 0 Å². The second-order valence-electron chi connectivity index (χ2n) is 2.98. The summed E-state index contributed by atoms with van der Waals surface area (Å²) in [4.78, 5) is 10.8. The Kier molecular flexibility index (Phi) is 3.71. The average Bonchev–Trinajstić information content (AvgIpc) is 2.25. The Morgan fingerprint density at radius 3 is 2.69 bits per heavy atom. The lowest BCUT2D eigenvalue weighted by Crippen LogP contribution is -2.09. The fourth-order valence-electron chi connectivity index (χ4n) is 0.976. The van der Waals surface area contributed by atoms with Crippen LogP contribution in [0.15, 0.2) is 36.9 Å². The van der Waals surface area contributed by atoms with Crippen molar-refractivity contribution in [2.45, 2.75) is 6.18 Å². The molecular weight excluding hydrogens is 221 g/mol. The van der Waals surface area contributed by atoms with Gasteiger partial charge in [0.05, 0.1) is 5.56 Å². The zero-order chi connectivity index (χ0) is 12.2. The predicted octanol–water partition coefficient (Wildman–Crippen LogP) is 2.84. The molecule has 0 spiro atoms. The molecule has 1 rings (SSSR count). The molecule has 86 valence electrons. The van der Waals surface area contributed by atoms with Gasteiger partial charge in [-0.3, -0.25) is 4.79 Å². The Hall–Kier alpha value is -1.78. The van der Waals surface area contributed by atoms with Crippen LogP contribution in [0.25, 0.3) is 0 Å². The van der Waals surface area contributed by atoms with Gasteiger partial charge in [-0.25, -0.2) is 0 Å². The van der Waals surface area contributed by atoms with Crippen LogP contribution in [0.2, 0.25) is 0 Å². The van der Waals surface area contributed by atoms with Crippen molar-refractivity contribution in [2.24, 2.45) is 0 Å². The summed E-state index contributed by atoms with van der Waals surface area (Å²) in [6.07, 6.45) is -3.37. The smallest absolute Gasteiger partial charge is 0.416 e. The molecule has 0 atom stereocenters. The van der Waals surface area contributed by atoms with E-state index in [1.54, 1.807) is 0 Å². The van der Waals surface area contributed by atoms with E-state index in [2.05, 4.69) is 6.58 Å². The van der Waals surface area contributed by atoms with Crippen LogP contribution in [0, 0.1) is 0 Å². The molecule has 0 heterocycles. The molecule has 0 fully saturated rings. The Morgan fingerprint density at radius 2 is 2.12 bits per heavy atom. The van der Waals surface area contributed by atoms with Gasteiger partial charge in [0.15, 0.2) is 12.4 Å². The lowest BCUT2D eigenvalue weighted by molar-refractivity contribution is -0.137. The molecule has 1 aromatic rings. The number of ketones is 1. The number of rotatable bonds is 4. The first-order valence-electron chi connectivity index (χ1n) is 4.39. The van der Waals surface area contributed by atoms with Crippen LogP contribution in [0.5, 0.6) is 5.75 Å². The number of carbonyl (C=O) groups excluding carboxylic acids is 1. The molecule has 5 heteroatoms. The number of ether oxygens (including phenoxy) is 1. The van der Waals surface area contributed by atoms with Crippen LogP contribution in [0.4, 0.5) is 13.2 Å². The summed E-state index contributed by atoms with van der Waals surface area (Å²) in [5.41, 5.74) is -0.809. The van der Waals surface area contributed by atoms with Gasteiger partial charge in [-0.15, -0.1) is 0 Å². The highest BCUT2D eigenvalue weighted by Gasteiger charge is 2.30. The summed E-state index contributed by atoms with van der Waals surface area (Å²) < 4.78 is 41.8. The second kappa shape index (κ2) is 4.83. The van der Waals surface area contributed by atoms with Gasteiger partial charge in [-0.05, 0) is 24.3 Å². The normalized spacial score (nSPS) is 10.9. The van der Waals surface area contributed by atoms with E-state index in [1.807, 2.05) is 0 Å². The molecule has 0 saturated carbocycles. The van der Waals surface area contributed by atoms with E-state index < -0.39 is 17.5 Å². The number of hydrogen-bond donors (Lipinski definition) is 0. The van der Waals surface area contributed by atoms with Crippen molar-refractivity contribution < 1.29 is 22.7 Å². The van der Waals surface area contributed by atoms with E-state index in [9.17, 15) is 18.0 Å². The van der Waals surface area contributed by atoms with E-state index in [0.29, 0.717) is 0 Å². The van der Waals surface area contributed by atoms with Crippen LogP contribution in [-0.2, 0) is 11.0 Å². The molecule has 16 heavy (non-hydrogen) atoms. The van der Waals surface area contributed by atoms with Gasteiger partial charge in [0.2, 0.25) is 0 Å². The van der Waals surface area contributed by atoms with Crippen LogP contribution in [-0.4, -0.2) is 12.4 Å². The maximum Gasteiger partial charge on any atom is 0.416 e. The average molecular weight is 230 g/mol. The lowest BCUT2D eigenvalue weighted by atomic mass is 10.2. The van der Waals surface area contributed by atoms with Crippen molar-refractivity contribution in [3.05, 3.63) is 42.5 Å². The first kappa shape index (κ1) is 12.3. The molecule has 0 unspecified atom stereocenters. The van der Waals surface area contributed by atoms with Gasteiger partial charge in [0.1, 0.15) is 5.75 Å². The molecule has 0 aliphatic carbocycles. The third kappa shape index (κ3) is 3.42. The Balaban J connectivity index is 2.75. The van der Waals surface area contributed by atoms with E-state index in [0.717, 1.165) is 18.2 Å². The van der Waals surface area contributed by atoms with Gasteiger partial charge in [0, 0.05) is 0 Å². The molecule has 0 aromatic heterocycles. The highest BCUT2D eigenvalue weighted by molar-refractivity contribution is 5.90. The molecule has 2 nitrogen and oxygen atoms in total. The minimum absolute atomic E-state index is 0.00465. The largest absolute Gasteiger partial charge is 0.485 e. The summed E-state index contributed by atoms with van der Waals surface area (Å²) in [5.74, 6) is -0.387. The van der Waals surface area contributed by atoms with E-state index in [-0.39, 0.29) is 12.4 Å². The molecular formula is C11H9F3O2. The Labute approximate surface area is 90.3 Å². The summed E-state index contributed by atoms with van der Waals surface area (Å²) in [6, 6.07) is 4.35. The zero-order valence-corrected chi connectivity index (χ0v) is 8.25. The van der Waals surface area contributed by atoms with Crippen LogP contribution >= 0.6 is 0 Å². The van der Waals surface area contributed by atoms with Crippen LogP contribution in [0.1, 0.15) is 5.56 Å². The van der Waals surface area contributed by atoms with Gasteiger partial charge in [-0.1, -0.05) is 12.6 Å². The highest BCUT2D eigenvalue weighted by atomic mass is 19.4. The summed E-state index contributed by atoms with van der Waals surface area (Å²) >= 11 is 0. The quantitative estimate of drug-likeness (QED) is 0.743. The standard InChI is InChI=1S/C11H9F3O2/c1-2-9(15)7-16-10-5-3-4-8(6-10)11(12,13)14/h2-6H,1,7H2. The van der Waals surface area contributed by atoms with Crippen molar-refractivity contribution in [2.75, 3.05) is 6.61 Å². The summed E-state index contributed by atoms with van der Waals surface area (Å²) in [6.45, 7) is 2.91. The van der Waals surface area contributed by atoms with Crippen molar-refractivity contribution in [3.63, 3.8) is 0 Å². The third-order valence-electron chi connectivity index (χ3n) is 1.77. The Morgan fingerprint density at radius 1 is 1.44 bits per heavy atom. The SMILES string of the molecule is C=CC(=O)COc1cccc(C(F)(F)F)c1. The molecule has 0 N–H and O–H groups in total. The number of hydrogen-bond acceptors (Lipinski definition) is 2. The molecule has 0 saturated heterocycles. The maximum atomic E-state index is 12.3. The third-order valence-corrected chi connectivity index (χ3v) is 1.77. The molecule has 0 aliphatic heterocycles. The maximum absolute atomic E-state index is 12.3. The number of halogens is 3. The fraction of sp³-hybridized carbons (Fsp3) is 0.182. The first-order valence-corrected chi connectivity index (χ1v) is 4.39. The highest BCUT2D eigenvalue weighted by Crippen LogP contribution is 2.31. The van der Waals surface area contributed by atoms with Crippen molar-refractivity contribution in [1.82, 2.24) is 0 Å². The zero-order valence-electron chi connectivity index (χ0n) is 8.25. The van der Waals surface area contributed by atoms with E-state index in [4.69, 9.17) is 4.74 Å². The fourth-order valence-corrected chi connectivity index (χ4v) is 0.976. The minimum atomic E-state index is -4.41. The van der Waals surface area contributed by atoms with Gasteiger partial charge in [-0.2, -0.15) is 13.2 Å². The Bertz CT molecular complexity index is 396. The molecule has 0 amide bonds. The van der Waals surface area contributed by atoms with Crippen LogP contribution < -0.4 is 4.74 Å². The molecule has 0 radical (unpaired) electrons. The van der Waals surface area contributed by atoms with Crippen molar-refractivity contribution >= 4 is 5.78 Å². The topological polar surface area (TPSA) is 26.3 Å². The first-order chi connectivity index (χ1) is 7.43. The predicted molar refractivity (Wildman–Crippen MR) is 52.1 cm³/mol.